The lowest BCUT2D eigenvalue weighted by atomic mass is 10.0. The maximum absolute atomic E-state index is 12.7. The van der Waals surface area contributed by atoms with Gasteiger partial charge in [-0.05, 0) is 19.8 Å². The van der Waals surface area contributed by atoms with Crippen LogP contribution in [0.15, 0.2) is 12.4 Å². The van der Waals surface area contributed by atoms with E-state index in [0.717, 1.165) is 37.4 Å². The Morgan fingerprint density at radius 2 is 2.00 bits per heavy atom. The molecule has 6 heteroatoms. The van der Waals surface area contributed by atoms with Crippen LogP contribution in [0.2, 0.25) is 0 Å². The van der Waals surface area contributed by atoms with E-state index in [1.165, 1.54) is 0 Å². The monoisotopic (exact) mass is 292 g/mol. The standard InChI is InChI=1S/C15H21FN4O/c1-11-15(18-5-4-17-11)19-6-2-13(3-7-19)20-10-12(9-16)8-14(20)21/h4-5,12-13H,2-3,6-10H2,1H3. The number of anilines is 1. The van der Waals surface area contributed by atoms with E-state index in [4.69, 9.17) is 0 Å². The van der Waals surface area contributed by atoms with Gasteiger partial charge >= 0.3 is 0 Å². The molecule has 3 rings (SSSR count). The number of alkyl halides is 1. The molecule has 1 unspecified atom stereocenters. The maximum Gasteiger partial charge on any atom is 0.223 e. The van der Waals surface area contributed by atoms with Crippen LogP contribution in [0.5, 0.6) is 0 Å². The molecule has 0 N–H and O–H groups in total. The third kappa shape index (κ3) is 2.84. The lowest BCUT2D eigenvalue weighted by Gasteiger charge is -2.37. The average Bonchev–Trinajstić information content (AvgIpc) is 2.89. The van der Waals surface area contributed by atoms with Crippen molar-refractivity contribution in [2.75, 3.05) is 31.2 Å². The number of rotatable bonds is 3. The van der Waals surface area contributed by atoms with Crippen molar-refractivity contribution >= 4 is 11.7 Å². The lowest BCUT2D eigenvalue weighted by Crippen LogP contribution is -2.46. The zero-order valence-corrected chi connectivity index (χ0v) is 12.3. The van der Waals surface area contributed by atoms with Crippen LogP contribution in [0.3, 0.4) is 0 Å². The van der Waals surface area contributed by atoms with Crippen molar-refractivity contribution in [2.24, 2.45) is 5.92 Å². The minimum atomic E-state index is -0.389. The largest absolute Gasteiger partial charge is 0.355 e. The number of aromatic nitrogens is 2. The fourth-order valence-electron chi connectivity index (χ4n) is 3.36. The van der Waals surface area contributed by atoms with Crippen molar-refractivity contribution in [1.29, 1.82) is 0 Å². The van der Waals surface area contributed by atoms with Crippen LogP contribution >= 0.6 is 0 Å². The summed E-state index contributed by atoms with van der Waals surface area (Å²) < 4.78 is 12.7. The molecule has 0 aromatic carbocycles. The molecule has 0 spiro atoms. The van der Waals surface area contributed by atoms with Crippen LogP contribution in [-0.4, -0.2) is 53.1 Å². The number of amides is 1. The van der Waals surface area contributed by atoms with Gasteiger partial charge in [0.1, 0.15) is 5.82 Å². The van der Waals surface area contributed by atoms with Crippen LogP contribution in [-0.2, 0) is 4.79 Å². The first kappa shape index (κ1) is 14.2. The molecule has 1 aromatic rings. The first-order valence-corrected chi connectivity index (χ1v) is 7.57. The number of halogens is 1. The van der Waals surface area contributed by atoms with Gasteiger partial charge in [-0.15, -0.1) is 0 Å². The Morgan fingerprint density at radius 3 is 2.62 bits per heavy atom. The van der Waals surface area contributed by atoms with E-state index in [2.05, 4.69) is 14.9 Å². The van der Waals surface area contributed by atoms with Crippen LogP contribution in [0.1, 0.15) is 25.0 Å². The molecule has 2 aliphatic heterocycles. The van der Waals surface area contributed by atoms with E-state index in [-0.39, 0.29) is 24.5 Å². The molecular formula is C15H21FN4O. The summed E-state index contributed by atoms with van der Waals surface area (Å²) in [5, 5.41) is 0. The highest BCUT2D eigenvalue weighted by Gasteiger charge is 2.36. The molecule has 2 fully saturated rings. The highest BCUT2D eigenvalue weighted by atomic mass is 19.1. The van der Waals surface area contributed by atoms with Crippen molar-refractivity contribution in [3.05, 3.63) is 18.1 Å². The van der Waals surface area contributed by atoms with E-state index in [1.54, 1.807) is 12.4 Å². The molecule has 0 radical (unpaired) electrons. The third-order valence-electron chi connectivity index (χ3n) is 4.52. The molecule has 0 aliphatic carbocycles. The summed E-state index contributed by atoms with van der Waals surface area (Å²) in [6, 6.07) is 0.252. The molecule has 21 heavy (non-hydrogen) atoms. The number of hydrogen-bond donors (Lipinski definition) is 0. The van der Waals surface area contributed by atoms with Crippen LogP contribution in [0.4, 0.5) is 10.2 Å². The summed E-state index contributed by atoms with van der Waals surface area (Å²) in [4.78, 5) is 24.8. The Kier molecular flexibility index (Phi) is 4.03. The van der Waals surface area contributed by atoms with Gasteiger partial charge in [0.25, 0.3) is 0 Å². The summed E-state index contributed by atoms with van der Waals surface area (Å²) in [6.07, 6.45) is 5.62. The maximum atomic E-state index is 12.7. The topological polar surface area (TPSA) is 49.3 Å². The SMILES string of the molecule is Cc1nccnc1N1CCC(N2CC(CF)CC2=O)CC1. The zero-order valence-electron chi connectivity index (χ0n) is 12.3. The van der Waals surface area contributed by atoms with Crippen molar-refractivity contribution in [3.63, 3.8) is 0 Å². The second kappa shape index (κ2) is 5.95. The number of carbonyl (C=O) groups is 1. The predicted molar refractivity (Wildman–Crippen MR) is 77.8 cm³/mol. The number of piperidine rings is 1. The first-order chi connectivity index (χ1) is 10.2. The van der Waals surface area contributed by atoms with Crippen molar-refractivity contribution < 1.29 is 9.18 Å². The minimum absolute atomic E-state index is 0.0993. The molecule has 3 heterocycles. The van der Waals surface area contributed by atoms with Crippen LogP contribution in [0, 0.1) is 12.8 Å². The van der Waals surface area contributed by atoms with E-state index in [0.29, 0.717) is 13.0 Å². The fourth-order valence-corrected chi connectivity index (χ4v) is 3.36. The van der Waals surface area contributed by atoms with Crippen molar-refractivity contribution in [2.45, 2.75) is 32.2 Å². The van der Waals surface area contributed by atoms with Gasteiger partial charge in [0.05, 0.1) is 12.4 Å². The van der Waals surface area contributed by atoms with Crippen molar-refractivity contribution in [3.8, 4) is 0 Å². The molecule has 1 amide bonds. The summed E-state index contributed by atoms with van der Waals surface area (Å²) in [5.41, 5.74) is 0.936. The van der Waals surface area contributed by atoms with Crippen LogP contribution in [0.25, 0.3) is 0 Å². The second-order valence-electron chi connectivity index (χ2n) is 5.95. The highest BCUT2D eigenvalue weighted by Crippen LogP contribution is 2.27. The molecule has 0 saturated carbocycles. The molecular weight excluding hydrogens is 271 g/mol. The fraction of sp³-hybridized carbons (Fsp3) is 0.667. The Hall–Kier alpha value is -1.72. The first-order valence-electron chi connectivity index (χ1n) is 7.57. The van der Waals surface area contributed by atoms with E-state index in [1.807, 2.05) is 11.8 Å². The Morgan fingerprint density at radius 1 is 1.29 bits per heavy atom. The third-order valence-corrected chi connectivity index (χ3v) is 4.52. The molecule has 2 aliphatic rings. The number of carbonyl (C=O) groups excluding carboxylic acids is 1. The molecule has 2 saturated heterocycles. The quantitative estimate of drug-likeness (QED) is 0.848. The molecule has 1 aromatic heterocycles. The van der Waals surface area contributed by atoms with Crippen LogP contribution < -0.4 is 4.90 Å². The number of nitrogens with zero attached hydrogens (tertiary/aromatic N) is 4. The predicted octanol–water partition coefficient (Wildman–Crippen LogP) is 1.57. The van der Waals surface area contributed by atoms with Gasteiger partial charge in [-0.1, -0.05) is 0 Å². The summed E-state index contributed by atoms with van der Waals surface area (Å²) >= 11 is 0. The zero-order chi connectivity index (χ0) is 14.8. The van der Waals surface area contributed by atoms with Gasteiger partial charge in [0, 0.05) is 50.4 Å². The number of likely N-dealkylation sites (tertiary alicyclic amines) is 1. The van der Waals surface area contributed by atoms with Gasteiger partial charge in [-0.25, -0.2) is 4.98 Å². The summed E-state index contributed by atoms with van der Waals surface area (Å²) in [5.74, 6) is 0.954. The van der Waals surface area contributed by atoms with Gasteiger partial charge in [0.15, 0.2) is 0 Å². The van der Waals surface area contributed by atoms with Gasteiger partial charge < -0.3 is 9.80 Å². The van der Waals surface area contributed by atoms with E-state index < -0.39 is 0 Å². The Balaban J connectivity index is 1.61. The normalized spacial score (nSPS) is 23.9. The molecule has 0 bridgehead atoms. The van der Waals surface area contributed by atoms with Gasteiger partial charge in [0.2, 0.25) is 5.91 Å². The van der Waals surface area contributed by atoms with Gasteiger partial charge in [-0.3, -0.25) is 14.2 Å². The Bertz CT molecular complexity index is 516. The minimum Gasteiger partial charge on any atom is -0.355 e. The van der Waals surface area contributed by atoms with E-state index >= 15 is 0 Å². The van der Waals surface area contributed by atoms with Crippen molar-refractivity contribution in [1.82, 2.24) is 14.9 Å². The smallest absolute Gasteiger partial charge is 0.223 e. The van der Waals surface area contributed by atoms with Gasteiger partial charge in [-0.2, -0.15) is 0 Å². The van der Waals surface area contributed by atoms with E-state index in [9.17, 15) is 9.18 Å². The lowest BCUT2D eigenvalue weighted by molar-refractivity contribution is -0.130. The molecule has 114 valence electrons. The molecule has 1 atom stereocenters. The highest BCUT2D eigenvalue weighted by molar-refractivity contribution is 5.79. The average molecular weight is 292 g/mol. The molecule has 5 nitrogen and oxygen atoms in total. The number of aryl methyl sites for hydroxylation is 1. The second-order valence-corrected chi connectivity index (χ2v) is 5.95. The number of hydrogen-bond acceptors (Lipinski definition) is 4. The summed E-state index contributed by atoms with van der Waals surface area (Å²) in [6.45, 7) is 3.90. The summed E-state index contributed by atoms with van der Waals surface area (Å²) in [7, 11) is 0. The Labute approximate surface area is 124 Å².